The van der Waals surface area contributed by atoms with Gasteiger partial charge in [0.25, 0.3) is 0 Å². The van der Waals surface area contributed by atoms with Gasteiger partial charge in [0, 0.05) is 39.0 Å². The van der Waals surface area contributed by atoms with Crippen LogP contribution in [0.4, 0.5) is 4.79 Å². The molecule has 1 aliphatic rings. The number of nitrogens with zero attached hydrogens (tertiary/aromatic N) is 1. The lowest BCUT2D eigenvalue weighted by Gasteiger charge is -2.28. The molecule has 0 unspecified atom stereocenters. The predicted molar refractivity (Wildman–Crippen MR) is 80.7 cm³/mol. The summed E-state index contributed by atoms with van der Waals surface area (Å²) in [6.07, 6.45) is 0.671. The summed E-state index contributed by atoms with van der Waals surface area (Å²) in [6, 6.07) is 0. The standard InChI is InChI=1S/C13H23N3O3S/c1-13(2,3)19-12(18)15-7-6-14-11(20)16-8-4-10(17)5-9-16/h4-9H2,1-3H3,(H,14,20)(H,15,18). The van der Waals surface area contributed by atoms with E-state index in [2.05, 4.69) is 10.6 Å². The molecule has 2 N–H and O–H groups in total. The zero-order valence-corrected chi connectivity index (χ0v) is 13.1. The highest BCUT2D eigenvalue weighted by Crippen LogP contribution is 2.06. The van der Waals surface area contributed by atoms with Crippen molar-refractivity contribution < 1.29 is 14.3 Å². The number of hydrogen-bond donors (Lipinski definition) is 2. The van der Waals surface area contributed by atoms with Gasteiger partial charge in [0.15, 0.2) is 5.11 Å². The molecule has 1 fully saturated rings. The van der Waals surface area contributed by atoms with Gasteiger partial charge in [-0.2, -0.15) is 0 Å². The van der Waals surface area contributed by atoms with Crippen molar-refractivity contribution in [3.05, 3.63) is 0 Å². The summed E-state index contributed by atoms with van der Waals surface area (Å²) < 4.78 is 5.11. The van der Waals surface area contributed by atoms with E-state index in [0.717, 1.165) is 0 Å². The Labute approximate surface area is 125 Å². The second-order valence-corrected chi connectivity index (χ2v) is 6.07. The number of rotatable bonds is 3. The van der Waals surface area contributed by atoms with Gasteiger partial charge in [-0.1, -0.05) is 0 Å². The molecule has 0 atom stereocenters. The van der Waals surface area contributed by atoms with E-state index >= 15 is 0 Å². The van der Waals surface area contributed by atoms with Crippen LogP contribution < -0.4 is 10.6 Å². The van der Waals surface area contributed by atoms with E-state index in [0.29, 0.717) is 44.1 Å². The third kappa shape index (κ3) is 6.70. The normalized spacial score (nSPS) is 15.8. The summed E-state index contributed by atoms with van der Waals surface area (Å²) in [5.74, 6) is 0.288. The molecule has 0 aliphatic carbocycles. The molecule has 1 heterocycles. The average molecular weight is 301 g/mol. The van der Waals surface area contributed by atoms with Gasteiger partial charge < -0.3 is 20.3 Å². The second-order valence-electron chi connectivity index (χ2n) is 5.69. The van der Waals surface area contributed by atoms with Gasteiger partial charge >= 0.3 is 6.09 Å². The summed E-state index contributed by atoms with van der Waals surface area (Å²) in [5, 5.41) is 6.34. The number of piperidine rings is 1. The Bertz CT molecular complexity index is 370. The quantitative estimate of drug-likeness (QED) is 0.600. The maximum absolute atomic E-state index is 11.4. The van der Waals surface area contributed by atoms with Gasteiger partial charge in [0.1, 0.15) is 11.4 Å². The van der Waals surface area contributed by atoms with Crippen LogP contribution in [0, 0.1) is 0 Å². The second kappa shape index (κ2) is 7.42. The van der Waals surface area contributed by atoms with Crippen LogP contribution in [0.1, 0.15) is 33.6 Å². The van der Waals surface area contributed by atoms with Gasteiger partial charge in [-0.05, 0) is 33.0 Å². The molecule has 6 nitrogen and oxygen atoms in total. The van der Waals surface area contributed by atoms with Crippen LogP contribution in [-0.2, 0) is 9.53 Å². The molecule has 1 saturated heterocycles. The lowest BCUT2D eigenvalue weighted by atomic mass is 10.1. The highest BCUT2D eigenvalue weighted by Gasteiger charge is 2.18. The molecule has 0 aromatic rings. The van der Waals surface area contributed by atoms with Gasteiger partial charge in [-0.15, -0.1) is 0 Å². The first-order chi connectivity index (χ1) is 9.28. The zero-order valence-electron chi connectivity index (χ0n) is 12.3. The van der Waals surface area contributed by atoms with Crippen LogP contribution in [0.2, 0.25) is 0 Å². The van der Waals surface area contributed by atoms with E-state index in [4.69, 9.17) is 17.0 Å². The number of amides is 1. The number of carbonyl (C=O) groups is 2. The maximum Gasteiger partial charge on any atom is 0.407 e. The number of nitrogens with one attached hydrogen (secondary N) is 2. The van der Waals surface area contributed by atoms with Crippen LogP contribution in [0.15, 0.2) is 0 Å². The van der Waals surface area contributed by atoms with E-state index in [1.54, 1.807) is 0 Å². The number of alkyl carbamates (subject to hydrolysis) is 1. The Kier molecular flexibility index (Phi) is 6.19. The molecule has 20 heavy (non-hydrogen) atoms. The van der Waals surface area contributed by atoms with Crippen molar-refractivity contribution in [1.29, 1.82) is 0 Å². The molecule has 0 aromatic heterocycles. The molecule has 1 rings (SSSR count). The molecule has 1 amide bonds. The van der Waals surface area contributed by atoms with Crippen LogP contribution in [0.25, 0.3) is 0 Å². The Morgan fingerprint density at radius 2 is 1.80 bits per heavy atom. The molecular weight excluding hydrogens is 278 g/mol. The molecule has 0 saturated carbocycles. The molecule has 0 spiro atoms. The van der Waals surface area contributed by atoms with Crippen molar-refractivity contribution in [2.24, 2.45) is 0 Å². The first-order valence-corrected chi connectivity index (χ1v) is 7.20. The molecule has 0 bridgehead atoms. The van der Waals surface area contributed by atoms with E-state index < -0.39 is 11.7 Å². The Balaban J connectivity index is 2.13. The van der Waals surface area contributed by atoms with Crippen molar-refractivity contribution in [3.8, 4) is 0 Å². The van der Waals surface area contributed by atoms with E-state index in [1.807, 2.05) is 25.7 Å². The fourth-order valence-electron chi connectivity index (χ4n) is 1.72. The molecule has 114 valence electrons. The first-order valence-electron chi connectivity index (χ1n) is 6.79. The van der Waals surface area contributed by atoms with E-state index in [9.17, 15) is 9.59 Å². The van der Waals surface area contributed by atoms with Gasteiger partial charge in [0.05, 0.1) is 0 Å². The summed E-state index contributed by atoms with van der Waals surface area (Å²) in [5.41, 5.74) is -0.493. The SMILES string of the molecule is CC(C)(C)OC(=O)NCCNC(=S)N1CCC(=O)CC1. The van der Waals surface area contributed by atoms with Crippen molar-refractivity contribution >= 4 is 29.2 Å². The Morgan fingerprint density at radius 3 is 2.35 bits per heavy atom. The largest absolute Gasteiger partial charge is 0.444 e. The number of ketones is 1. The number of ether oxygens (including phenoxy) is 1. The maximum atomic E-state index is 11.4. The third-order valence-electron chi connectivity index (χ3n) is 2.68. The number of Topliss-reactive ketones (excluding diaryl/α,β-unsaturated/α-hetero) is 1. The van der Waals surface area contributed by atoms with Crippen LogP contribution in [0.3, 0.4) is 0 Å². The number of hydrogen-bond acceptors (Lipinski definition) is 4. The van der Waals surface area contributed by atoms with Crippen molar-refractivity contribution in [1.82, 2.24) is 15.5 Å². The number of likely N-dealkylation sites (tertiary alicyclic amines) is 1. The van der Waals surface area contributed by atoms with Crippen LogP contribution in [0.5, 0.6) is 0 Å². The lowest BCUT2D eigenvalue weighted by molar-refractivity contribution is -0.120. The highest BCUT2D eigenvalue weighted by atomic mass is 32.1. The molecule has 7 heteroatoms. The monoisotopic (exact) mass is 301 g/mol. The molecule has 1 aliphatic heterocycles. The third-order valence-corrected chi connectivity index (χ3v) is 3.08. The van der Waals surface area contributed by atoms with Gasteiger partial charge in [-0.25, -0.2) is 4.79 Å². The lowest BCUT2D eigenvalue weighted by Crippen LogP contribution is -2.46. The number of carbonyl (C=O) groups excluding carboxylic acids is 2. The van der Waals surface area contributed by atoms with E-state index in [1.165, 1.54) is 0 Å². The average Bonchev–Trinajstić information content (AvgIpc) is 2.33. The Hall–Kier alpha value is -1.37. The minimum atomic E-state index is -0.493. The Morgan fingerprint density at radius 1 is 1.25 bits per heavy atom. The van der Waals surface area contributed by atoms with Gasteiger partial charge in [-0.3, -0.25) is 4.79 Å². The fourth-order valence-corrected chi connectivity index (χ4v) is 2.00. The molecular formula is C13H23N3O3S. The topological polar surface area (TPSA) is 70.7 Å². The van der Waals surface area contributed by atoms with Crippen molar-refractivity contribution in [2.75, 3.05) is 26.2 Å². The van der Waals surface area contributed by atoms with Crippen molar-refractivity contribution in [3.63, 3.8) is 0 Å². The zero-order chi connectivity index (χ0) is 15.2. The summed E-state index contributed by atoms with van der Waals surface area (Å²) in [4.78, 5) is 24.5. The summed E-state index contributed by atoms with van der Waals surface area (Å²) in [6.45, 7) is 7.76. The smallest absolute Gasteiger partial charge is 0.407 e. The molecule has 0 radical (unpaired) electrons. The molecule has 0 aromatic carbocycles. The minimum Gasteiger partial charge on any atom is -0.444 e. The summed E-state index contributed by atoms with van der Waals surface area (Å²) >= 11 is 5.24. The highest BCUT2D eigenvalue weighted by molar-refractivity contribution is 7.80. The van der Waals surface area contributed by atoms with Gasteiger partial charge in [0.2, 0.25) is 0 Å². The minimum absolute atomic E-state index is 0.288. The van der Waals surface area contributed by atoms with Crippen molar-refractivity contribution in [2.45, 2.75) is 39.2 Å². The van der Waals surface area contributed by atoms with E-state index in [-0.39, 0.29) is 5.78 Å². The fraction of sp³-hybridized carbons (Fsp3) is 0.769. The summed E-state index contributed by atoms with van der Waals surface area (Å²) in [7, 11) is 0. The van der Waals surface area contributed by atoms with Crippen LogP contribution in [-0.4, -0.2) is 53.7 Å². The number of thiocarbonyl (C=S) groups is 1. The predicted octanol–water partition coefficient (Wildman–Crippen LogP) is 1.05. The first kappa shape index (κ1) is 16.7. The van der Waals surface area contributed by atoms with Crippen LogP contribution >= 0.6 is 12.2 Å².